The van der Waals surface area contributed by atoms with Crippen LogP contribution in [0.5, 0.6) is 0 Å². The predicted molar refractivity (Wildman–Crippen MR) is 83.4 cm³/mol. The van der Waals surface area contributed by atoms with Crippen LogP contribution in [0.4, 0.5) is 0 Å². The van der Waals surface area contributed by atoms with Crippen LogP contribution in [0, 0.1) is 0 Å². The predicted octanol–water partition coefficient (Wildman–Crippen LogP) is 4.02. The van der Waals surface area contributed by atoms with Crippen molar-refractivity contribution in [2.24, 2.45) is 4.99 Å². The van der Waals surface area contributed by atoms with E-state index in [1.807, 2.05) is 6.07 Å². The van der Waals surface area contributed by atoms with Gasteiger partial charge in [0.15, 0.2) is 0 Å². The lowest BCUT2D eigenvalue weighted by molar-refractivity contribution is -0.123. The average Bonchev–Trinajstić information content (AvgIpc) is 2.81. The Morgan fingerprint density at radius 1 is 1.52 bits per heavy atom. The Morgan fingerprint density at radius 2 is 2.33 bits per heavy atom. The molecule has 2 aliphatic heterocycles. The number of fused-ring (bicyclic) bond motifs is 1. The number of rotatable bonds is 2. The van der Waals surface area contributed by atoms with Crippen LogP contribution in [-0.2, 0) is 20.7 Å². The summed E-state index contributed by atoms with van der Waals surface area (Å²) in [5.74, 6) is 0.578. The minimum atomic E-state index is -0.864. The number of aliphatic imine (C=N–C) groups is 1. The molecular weight excluding hydrogens is 333 g/mol. The summed E-state index contributed by atoms with van der Waals surface area (Å²) >= 11 is 14.2. The summed E-state index contributed by atoms with van der Waals surface area (Å²) in [5.41, 5.74) is 1.73. The molecule has 0 fully saturated rings. The van der Waals surface area contributed by atoms with Gasteiger partial charge in [0.1, 0.15) is 0 Å². The molecule has 0 saturated carbocycles. The third-order valence-corrected chi connectivity index (χ3v) is 5.36. The highest BCUT2D eigenvalue weighted by Gasteiger charge is 2.37. The van der Waals surface area contributed by atoms with E-state index in [0.29, 0.717) is 22.2 Å². The van der Waals surface area contributed by atoms with Crippen LogP contribution < -0.4 is 0 Å². The molecule has 0 bridgehead atoms. The van der Waals surface area contributed by atoms with Crippen molar-refractivity contribution in [3.05, 3.63) is 27.2 Å². The second-order valence-corrected chi connectivity index (χ2v) is 6.56. The molecule has 0 radical (unpaired) electrons. The minimum Gasteiger partial charge on any atom is -0.451 e. The summed E-state index contributed by atoms with van der Waals surface area (Å²) < 4.78 is 10.7. The first-order valence-electron chi connectivity index (χ1n) is 6.67. The number of carbonyl (C=O) groups excluding carboxylic acids is 1. The molecule has 0 aromatic heterocycles. The molecule has 1 unspecified atom stereocenters. The van der Waals surface area contributed by atoms with Crippen LogP contribution in [-0.4, -0.2) is 24.4 Å². The average molecular weight is 346 g/mol. The number of thioether (sulfide) groups is 1. The van der Waals surface area contributed by atoms with Crippen molar-refractivity contribution in [1.82, 2.24) is 0 Å². The molecule has 1 amide bonds. The first-order chi connectivity index (χ1) is 10.1. The maximum Gasteiger partial charge on any atom is 0.392 e. The van der Waals surface area contributed by atoms with E-state index in [1.54, 1.807) is 18.7 Å². The normalized spacial score (nSPS) is 20.8. The number of benzene rings is 1. The molecule has 0 saturated heterocycles. The van der Waals surface area contributed by atoms with Gasteiger partial charge in [0.2, 0.25) is 6.10 Å². The Labute approximate surface area is 136 Å². The lowest BCUT2D eigenvalue weighted by atomic mass is 10.0. The summed E-state index contributed by atoms with van der Waals surface area (Å²) in [6.45, 7) is 2.18. The molecule has 1 aromatic rings. The molecule has 1 atom stereocenters. The second kappa shape index (κ2) is 6.07. The number of halogens is 2. The Kier molecular flexibility index (Phi) is 4.33. The van der Waals surface area contributed by atoms with E-state index in [1.165, 1.54) is 0 Å². The number of aryl methyl sites for hydroxylation is 1. The van der Waals surface area contributed by atoms with Crippen molar-refractivity contribution in [1.29, 1.82) is 0 Å². The van der Waals surface area contributed by atoms with E-state index in [0.717, 1.165) is 29.1 Å². The first-order valence-corrected chi connectivity index (χ1v) is 8.41. The number of nitrogens with zero attached hydrogens (tertiary/aromatic N) is 1. The molecule has 7 heteroatoms. The van der Waals surface area contributed by atoms with Crippen LogP contribution in [0.15, 0.2) is 16.0 Å². The largest absolute Gasteiger partial charge is 0.451 e. The van der Waals surface area contributed by atoms with Gasteiger partial charge in [0.25, 0.3) is 5.91 Å². The van der Waals surface area contributed by atoms with E-state index < -0.39 is 12.0 Å². The van der Waals surface area contributed by atoms with Crippen LogP contribution >= 0.6 is 35.0 Å². The Balaban J connectivity index is 2.03. The van der Waals surface area contributed by atoms with Crippen molar-refractivity contribution < 1.29 is 14.3 Å². The van der Waals surface area contributed by atoms with E-state index in [9.17, 15) is 4.79 Å². The van der Waals surface area contributed by atoms with Crippen LogP contribution in [0.3, 0.4) is 0 Å². The highest BCUT2D eigenvalue weighted by molar-refractivity contribution is 7.99. The van der Waals surface area contributed by atoms with Gasteiger partial charge in [-0.2, -0.15) is 0 Å². The van der Waals surface area contributed by atoms with Crippen molar-refractivity contribution in [3.63, 3.8) is 0 Å². The van der Waals surface area contributed by atoms with Gasteiger partial charge in [-0.1, -0.05) is 23.2 Å². The number of amides is 1. The number of hydrogen-bond donors (Lipinski definition) is 0. The molecule has 0 spiro atoms. The number of carbonyl (C=O) groups is 1. The van der Waals surface area contributed by atoms with Gasteiger partial charge in [0, 0.05) is 10.5 Å². The molecule has 3 rings (SSSR count). The monoisotopic (exact) mass is 345 g/mol. The van der Waals surface area contributed by atoms with E-state index in [4.69, 9.17) is 32.7 Å². The topological polar surface area (TPSA) is 47.9 Å². The number of hydrogen-bond acceptors (Lipinski definition) is 4. The standard InChI is InChI=1S/C14H13Cl2NO3S/c1-2-19-14-17-13(18)11(20-14)9-10(16)8(15)6-7-4-3-5-21-12(7)9/h6,11H,2-5H2,1H3. The van der Waals surface area contributed by atoms with Crippen molar-refractivity contribution in [3.8, 4) is 0 Å². The number of ether oxygens (including phenoxy) is 2. The van der Waals surface area contributed by atoms with Gasteiger partial charge in [-0.15, -0.1) is 16.8 Å². The highest BCUT2D eigenvalue weighted by atomic mass is 35.5. The molecular formula is C14H13Cl2NO3S. The van der Waals surface area contributed by atoms with Gasteiger partial charge in [-0.3, -0.25) is 4.79 Å². The third kappa shape index (κ3) is 2.74. The summed E-state index contributed by atoms with van der Waals surface area (Å²) in [5, 5.41) is 0.797. The molecule has 0 N–H and O–H groups in total. The highest BCUT2D eigenvalue weighted by Crippen LogP contribution is 2.45. The van der Waals surface area contributed by atoms with E-state index in [2.05, 4.69) is 4.99 Å². The molecule has 4 nitrogen and oxygen atoms in total. The maximum atomic E-state index is 12.1. The second-order valence-electron chi connectivity index (χ2n) is 4.67. The summed E-state index contributed by atoms with van der Waals surface area (Å²) in [7, 11) is 0. The Hall–Kier alpha value is -0.910. The zero-order valence-electron chi connectivity index (χ0n) is 11.3. The summed E-state index contributed by atoms with van der Waals surface area (Å²) in [4.78, 5) is 16.9. The smallest absolute Gasteiger partial charge is 0.392 e. The molecule has 0 aliphatic carbocycles. The molecule has 1 aromatic carbocycles. The van der Waals surface area contributed by atoms with Crippen LogP contribution in [0.1, 0.15) is 30.6 Å². The zero-order chi connectivity index (χ0) is 15.0. The van der Waals surface area contributed by atoms with Crippen LogP contribution in [0.2, 0.25) is 10.0 Å². The van der Waals surface area contributed by atoms with E-state index in [-0.39, 0.29) is 6.08 Å². The SMILES string of the molecule is CCOC1=NC(=O)C(c2c(Cl)c(Cl)cc3c2SCCC3)O1. The fourth-order valence-corrected chi connectivity index (χ4v) is 4.15. The fraction of sp³-hybridized carbons (Fsp3) is 0.429. The lowest BCUT2D eigenvalue weighted by Gasteiger charge is -2.23. The third-order valence-electron chi connectivity index (χ3n) is 3.29. The Morgan fingerprint density at radius 3 is 3.10 bits per heavy atom. The fourth-order valence-electron chi connectivity index (χ4n) is 2.41. The lowest BCUT2D eigenvalue weighted by Crippen LogP contribution is -2.14. The quantitative estimate of drug-likeness (QED) is 0.811. The van der Waals surface area contributed by atoms with Crippen molar-refractivity contribution in [2.75, 3.05) is 12.4 Å². The molecule has 2 aliphatic rings. The van der Waals surface area contributed by atoms with Crippen molar-refractivity contribution >= 4 is 47.0 Å². The van der Waals surface area contributed by atoms with Gasteiger partial charge in [-0.25, -0.2) is 0 Å². The Bertz CT molecular complexity index is 633. The van der Waals surface area contributed by atoms with Crippen LogP contribution in [0.25, 0.3) is 0 Å². The molecule has 2 heterocycles. The van der Waals surface area contributed by atoms with Gasteiger partial charge in [0.05, 0.1) is 16.7 Å². The van der Waals surface area contributed by atoms with E-state index >= 15 is 0 Å². The summed E-state index contributed by atoms with van der Waals surface area (Å²) in [6, 6.07) is 1.87. The van der Waals surface area contributed by atoms with Gasteiger partial charge >= 0.3 is 6.08 Å². The first kappa shape index (κ1) is 15.0. The summed E-state index contributed by atoms with van der Waals surface area (Å²) in [6.07, 6.45) is 1.14. The maximum absolute atomic E-state index is 12.1. The molecule has 112 valence electrons. The van der Waals surface area contributed by atoms with Crippen molar-refractivity contribution in [2.45, 2.75) is 30.8 Å². The van der Waals surface area contributed by atoms with Gasteiger partial charge < -0.3 is 9.47 Å². The zero-order valence-corrected chi connectivity index (χ0v) is 13.6. The molecule has 21 heavy (non-hydrogen) atoms. The minimum absolute atomic E-state index is 0.00176. The van der Waals surface area contributed by atoms with Gasteiger partial charge in [-0.05, 0) is 37.1 Å².